The predicted octanol–water partition coefficient (Wildman–Crippen LogP) is 5.18. The van der Waals surface area contributed by atoms with E-state index >= 15 is 0 Å². The standard InChI is InChI=1S/C24H23F2N3O/c1-24(2,16-6-4-3-5-7-16)27-23(30)21-20-14-8-9-15(12-14)22(20)29(28-21)19-11-10-17(25)13-18(19)26/h3-7,10-11,13-15H,8-9,12H2,1-2H3,(H,27,30)/t14-,15+/m1/s1. The number of carbonyl (C=O) groups is 1. The van der Waals surface area contributed by atoms with Crippen molar-refractivity contribution in [3.63, 3.8) is 0 Å². The Labute approximate surface area is 173 Å². The SMILES string of the molecule is CC(C)(NC(=O)c1nn(-c2ccc(F)cc2F)c2c1[C@@H]1CC[C@H]2C1)c1ccccc1. The Hall–Kier alpha value is -3.02. The van der Waals surface area contributed by atoms with Crippen LogP contribution in [0.2, 0.25) is 0 Å². The van der Waals surface area contributed by atoms with Crippen LogP contribution in [-0.4, -0.2) is 15.7 Å². The van der Waals surface area contributed by atoms with Gasteiger partial charge >= 0.3 is 0 Å². The van der Waals surface area contributed by atoms with E-state index in [2.05, 4.69) is 10.4 Å². The highest BCUT2D eigenvalue weighted by Gasteiger charge is 2.44. The number of benzene rings is 2. The number of halogens is 2. The van der Waals surface area contributed by atoms with Gasteiger partial charge in [0.2, 0.25) is 0 Å². The summed E-state index contributed by atoms with van der Waals surface area (Å²) in [5.74, 6) is -1.06. The number of nitrogens with one attached hydrogen (secondary N) is 1. The molecule has 0 unspecified atom stereocenters. The lowest BCUT2D eigenvalue weighted by atomic mass is 9.92. The van der Waals surface area contributed by atoms with Gasteiger partial charge in [-0.2, -0.15) is 5.10 Å². The third-order valence-electron chi connectivity index (χ3n) is 6.46. The van der Waals surface area contributed by atoms with Crippen molar-refractivity contribution < 1.29 is 13.6 Å². The van der Waals surface area contributed by atoms with Crippen LogP contribution in [0.4, 0.5) is 8.78 Å². The van der Waals surface area contributed by atoms with Crippen molar-refractivity contribution in [2.75, 3.05) is 0 Å². The van der Waals surface area contributed by atoms with Crippen LogP contribution in [0, 0.1) is 11.6 Å². The minimum absolute atomic E-state index is 0.182. The van der Waals surface area contributed by atoms with Crippen LogP contribution in [0.15, 0.2) is 48.5 Å². The zero-order chi connectivity index (χ0) is 21.0. The third-order valence-corrected chi connectivity index (χ3v) is 6.46. The van der Waals surface area contributed by atoms with Crippen LogP contribution in [0.1, 0.15) is 72.3 Å². The molecule has 0 spiro atoms. The zero-order valence-corrected chi connectivity index (χ0v) is 17.0. The Morgan fingerprint density at radius 1 is 1.10 bits per heavy atom. The van der Waals surface area contributed by atoms with Gasteiger partial charge in [0.15, 0.2) is 11.5 Å². The van der Waals surface area contributed by atoms with E-state index in [9.17, 15) is 13.6 Å². The predicted molar refractivity (Wildman–Crippen MR) is 110 cm³/mol. The van der Waals surface area contributed by atoms with E-state index in [4.69, 9.17) is 0 Å². The largest absolute Gasteiger partial charge is 0.342 e. The molecule has 2 atom stereocenters. The highest BCUT2D eigenvalue weighted by atomic mass is 19.1. The second-order valence-corrected chi connectivity index (χ2v) is 8.81. The van der Waals surface area contributed by atoms with Crippen molar-refractivity contribution in [2.24, 2.45) is 0 Å². The molecule has 1 aromatic heterocycles. The van der Waals surface area contributed by atoms with Crippen molar-refractivity contribution in [2.45, 2.75) is 50.5 Å². The third kappa shape index (κ3) is 2.93. The molecule has 154 valence electrons. The van der Waals surface area contributed by atoms with Crippen molar-refractivity contribution in [3.05, 3.63) is 82.7 Å². The van der Waals surface area contributed by atoms with Crippen LogP contribution >= 0.6 is 0 Å². The number of aromatic nitrogens is 2. The monoisotopic (exact) mass is 407 g/mol. The van der Waals surface area contributed by atoms with E-state index in [0.717, 1.165) is 42.1 Å². The molecular weight excluding hydrogens is 384 g/mol. The van der Waals surface area contributed by atoms with Crippen molar-refractivity contribution in [1.82, 2.24) is 15.1 Å². The van der Waals surface area contributed by atoms with Crippen LogP contribution in [-0.2, 0) is 5.54 Å². The second kappa shape index (κ2) is 6.76. The Morgan fingerprint density at radius 3 is 2.57 bits per heavy atom. The Balaban J connectivity index is 1.57. The van der Waals surface area contributed by atoms with E-state index in [-0.39, 0.29) is 23.4 Å². The molecule has 1 fully saturated rings. The molecule has 6 heteroatoms. The number of hydrogen-bond donors (Lipinski definition) is 1. The Kier molecular flexibility index (Phi) is 4.27. The first kappa shape index (κ1) is 19.0. The summed E-state index contributed by atoms with van der Waals surface area (Å²) in [5, 5.41) is 7.65. The van der Waals surface area contributed by atoms with Gasteiger partial charge in [0, 0.05) is 17.5 Å². The minimum atomic E-state index is -0.681. The van der Waals surface area contributed by atoms with Crippen LogP contribution < -0.4 is 5.32 Å². The van der Waals surface area contributed by atoms with Crippen LogP contribution in [0.5, 0.6) is 0 Å². The van der Waals surface area contributed by atoms with Crippen LogP contribution in [0.25, 0.3) is 5.69 Å². The number of fused-ring (bicyclic) bond motifs is 5. The van der Waals surface area contributed by atoms with E-state index in [1.165, 1.54) is 16.8 Å². The summed E-state index contributed by atoms with van der Waals surface area (Å²) in [5.41, 5.74) is 2.76. The first-order chi connectivity index (χ1) is 14.3. The van der Waals surface area contributed by atoms with E-state index < -0.39 is 17.2 Å². The highest BCUT2D eigenvalue weighted by molar-refractivity contribution is 5.95. The molecule has 4 nitrogen and oxygen atoms in total. The highest BCUT2D eigenvalue weighted by Crippen LogP contribution is 2.54. The van der Waals surface area contributed by atoms with Gasteiger partial charge in [-0.15, -0.1) is 0 Å². The maximum Gasteiger partial charge on any atom is 0.272 e. The molecule has 0 saturated heterocycles. The molecule has 30 heavy (non-hydrogen) atoms. The van der Waals surface area contributed by atoms with Gasteiger partial charge < -0.3 is 5.32 Å². The first-order valence-corrected chi connectivity index (χ1v) is 10.3. The van der Waals surface area contributed by atoms with Gasteiger partial charge in [-0.25, -0.2) is 13.5 Å². The van der Waals surface area contributed by atoms with E-state index in [0.29, 0.717) is 5.69 Å². The van der Waals surface area contributed by atoms with Crippen molar-refractivity contribution >= 4 is 5.91 Å². The molecule has 2 aliphatic carbocycles. The van der Waals surface area contributed by atoms with Gasteiger partial charge in [-0.1, -0.05) is 30.3 Å². The molecule has 2 bridgehead atoms. The van der Waals surface area contributed by atoms with Gasteiger partial charge in [-0.05, 0) is 56.7 Å². The topological polar surface area (TPSA) is 46.9 Å². The fraction of sp³-hybridized carbons (Fsp3) is 0.333. The Morgan fingerprint density at radius 2 is 1.83 bits per heavy atom. The van der Waals surface area contributed by atoms with Gasteiger partial charge in [0.05, 0.1) is 11.2 Å². The number of rotatable bonds is 4. The normalized spacial score (nSPS) is 19.7. The molecule has 1 amide bonds. The van der Waals surface area contributed by atoms with Gasteiger partial charge in [0.25, 0.3) is 5.91 Å². The van der Waals surface area contributed by atoms with Crippen molar-refractivity contribution in [1.29, 1.82) is 0 Å². The lowest BCUT2D eigenvalue weighted by Crippen LogP contribution is -2.41. The maximum atomic E-state index is 14.5. The number of carbonyl (C=O) groups excluding carboxylic acids is 1. The number of hydrogen-bond acceptors (Lipinski definition) is 2. The molecule has 1 N–H and O–H groups in total. The first-order valence-electron chi connectivity index (χ1n) is 10.3. The fourth-order valence-electron chi connectivity index (χ4n) is 5.00. The summed E-state index contributed by atoms with van der Waals surface area (Å²) < 4.78 is 29.5. The zero-order valence-electron chi connectivity index (χ0n) is 17.0. The fourth-order valence-corrected chi connectivity index (χ4v) is 5.00. The molecule has 0 aliphatic heterocycles. The lowest BCUT2D eigenvalue weighted by molar-refractivity contribution is 0.0905. The lowest BCUT2D eigenvalue weighted by Gasteiger charge is -2.27. The number of nitrogens with zero attached hydrogens (tertiary/aromatic N) is 2. The second-order valence-electron chi connectivity index (χ2n) is 8.81. The van der Waals surface area contributed by atoms with Crippen LogP contribution in [0.3, 0.4) is 0 Å². The Bertz CT molecular complexity index is 1140. The quantitative estimate of drug-likeness (QED) is 0.648. The minimum Gasteiger partial charge on any atom is -0.342 e. The number of amides is 1. The summed E-state index contributed by atoms with van der Waals surface area (Å²) in [6, 6.07) is 13.2. The average Bonchev–Trinajstić information content (AvgIpc) is 3.41. The molecule has 1 saturated carbocycles. The summed E-state index contributed by atoms with van der Waals surface area (Å²) in [6.07, 6.45) is 2.97. The summed E-state index contributed by atoms with van der Waals surface area (Å²) >= 11 is 0. The van der Waals surface area contributed by atoms with Gasteiger partial charge in [0.1, 0.15) is 11.5 Å². The summed E-state index contributed by atoms with van der Waals surface area (Å²) in [4.78, 5) is 13.3. The van der Waals surface area contributed by atoms with E-state index in [1.54, 1.807) is 0 Å². The molecule has 5 rings (SSSR count). The smallest absolute Gasteiger partial charge is 0.272 e. The molecule has 2 aromatic carbocycles. The average molecular weight is 407 g/mol. The molecule has 0 radical (unpaired) electrons. The molecule has 1 heterocycles. The molecular formula is C24H23F2N3O. The van der Waals surface area contributed by atoms with Crippen molar-refractivity contribution in [3.8, 4) is 5.69 Å². The molecule has 3 aromatic rings. The summed E-state index contributed by atoms with van der Waals surface area (Å²) in [6.45, 7) is 3.90. The van der Waals surface area contributed by atoms with Gasteiger partial charge in [-0.3, -0.25) is 4.79 Å². The van der Waals surface area contributed by atoms with E-state index in [1.807, 2.05) is 44.2 Å². The molecule has 2 aliphatic rings. The summed E-state index contributed by atoms with van der Waals surface area (Å²) in [7, 11) is 0. The maximum absolute atomic E-state index is 14.5.